The number of anilines is 1. The highest BCUT2D eigenvalue weighted by Gasteiger charge is 2.42. The fourth-order valence-electron chi connectivity index (χ4n) is 2.83. The molecule has 3 rings (SSSR count). The molecule has 5 heteroatoms. The summed E-state index contributed by atoms with van der Waals surface area (Å²) in [6.07, 6.45) is 1.66. The van der Waals surface area contributed by atoms with E-state index in [0.717, 1.165) is 5.56 Å². The SMILES string of the molecule is COc1ccc(N2C(=O)/C(=C\c3ccccc3CO)[C@@H]2CF)cc1. The quantitative estimate of drug-likeness (QED) is 0.678. The number of amides is 1. The number of carbonyl (C=O) groups is 1. The van der Waals surface area contributed by atoms with Crippen LogP contribution >= 0.6 is 0 Å². The highest BCUT2D eigenvalue weighted by molar-refractivity contribution is 6.17. The largest absolute Gasteiger partial charge is 0.497 e. The summed E-state index contributed by atoms with van der Waals surface area (Å²) in [7, 11) is 1.56. The lowest BCUT2D eigenvalue weighted by molar-refractivity contribution is -0.119. The van der Waals surface area contributed by atoms with Gasteiger partial charge in [-0.15, -0.1) is 0 Å². The molecule has 24 heavy (non-hydrogen) atoms. The number of benzene rings is 2. The van der Waals surface area contributed by atoms with Crippen molar-refractivity contribution < 1.29 is 19.0 Å². The third-order valence-electron chi connectivity index (χ3n) is 4.17. The van der Waals surface area contributed by atoms with Crippen molar-refractivity contribution in [3.05, 3.63) is 65.2 Å². The maximum absolute atomic E-state index is 13.5. The van der Waals surface area contributed by atoms with Gasteiger partial charge >= 0.3 is 0 Å². The minimum atomic E-state index is -0.662. The monoisotopic (exact) mass is 327 g/mol. The van der Waals surface area contributed by atoms with Gasteiger partial charge in [0.25, 0.3) is 5.91 Å². The summed E-state index contributed by atoms with van der Waals surface area (Å²) >= 11 is 0. The van der Waals surface area contributed by atoms with E-state index in [0.29, 0.717) is 22.6 Å². The molecule has 1 atom stereocenters. The average Bonchev–Trinajstić information content (AvgIpc) is 2.64. The number of hydrogen-bond donors (Lipinski definition) is 1. The first kappa shape index (κ1) is 16.2. The van der Waals surface area contributed by atoms with E-state index in [4.69, 9.17) is 4.74 Å². The number of hydrogen-bond acceptors (Lipinski definition) is 3. The van der Waals surface area contributed by atoms with E-state index in [-0.39, 0.29) is 12.5 Å². The van der Waals surface area contributed by atoms with Crippen molar-refractivity contribution in [3.8, 4) is 5.75 Å². The van der Waals surface area contributed by atoms with Gasteiger partial charge in [0.2, 0.25) is 0 Å². The van der Waals surface area contributed by atoms with Gasteiger partial charge in [0, 0.05) is 11.3 Å². The summed E-state index contributed by atoms with van der Waals surface area (Å²) < 4.78 is 18.6. The first-order valence-corrected chi connectivity index (χ1v) is 7.63. The third-order valence-corrected chi connectivity index (χ3v) is 4.17. The second kappa shape index (κ2) is 6.84. The van der Waals surface area contributed by atoms with Crippen LogP contribution in [0.1, 0.15) is 11.1 Å². The molecule has 4 nitrogen and oxygen atoms in total. The average molecular weight is 327 g/mol. The Morgan fingerprint density at radius 2 is 1.92 bits per heavy atom. The van der Waals surface area contributed by atoms with Crippen LogP contribution in [0.5, 0.6) is 5.75 Å². The number of aliphatic hydroxyl groups is 1. The van der Waals surface area contributed by atoms with Crippen molar-refractivity contribution in [2.45, 2.75) is 12.6 Å². The van der Waals surface area contributed by atoms with Crippen molar-refractivity contribution in [2.24, 2.45) is 0 Å². The van der Waals surface area contributed by atoms with E-state index in [2.05, 4.69) is 0 Å². The third kappa shape index (κ3) is 2.78. The van der Waals surface area contributed by atoms with Crippen LogP contribution in [0.15, 0.2) is 54.1 Å². The fourth-order valence-corrected chi connectivity index (χ4v) is 2.83. The van der Waals surface area contributed by atoms with Crippen molar-refractivity contribution in [1.29, 1.82) is 0 Å². The maximum Gasteiger partial charge on any atom is 0.257 e. The number of methoxy groups -OCH3 is 1. The Morgan fingerprint density at radius 3 is 2.54 bits per heavy atom. The van der Waals surface area contributed by atoms with Crippen LogP contribution in [0.2, 0.25) is 0 Å². The summed E-state index contributed by atoms with van der Waals surface area (Å²) in [5.41, 5.74) is 2.49. The number of carbonyl (C=O) groups excluding carboxylic acids is 1. The zero-order chi connectivity index (χ0) is 17.1. The molecule has 0 spiro atoms. The summed E-state index contributed by atoms with van der Waals surface area (Å²) in [6.45, 7) is -0.790. The van der Waals surface area contributed by atoms with Crippen LogP contribution < -0.4 is 9.64 Å². The van der Waals surface area contributed by atoms with Gasteiger partial charge in [-0.3, -0.25) is 9.69 Å². The van der Waals surface area contributed by atoms with Crippen LogP contribution in [0.4, 0.5) is 10.1 Å². The van der Waals surface area contributed by atoms with Crippen molar-refractivity contribution in [3.63, 3.8) is 0 Å². The molecule has 2 aromatic rings. The van der Waals surface area contributed by atoms with Gasteiger partial charge < -0.3 is 9.84 Å². The molecule has 1 fully saturated rings. The van der Waals surface area contributed by atoms with Gasteiger partial charge in [-0.1, -0.05) is 24.3 Å². The molecule has 0 saturated carbocycles. The number of β-lactam (4-membered cyclic amide) rings is 1. The molecular formula is C19H18FNO3. The number of nitrogens with zero attached hydrogens (tertiary/aromatic N) is 1. The standard InChI is InChI=1S/C19H18FNO3/c1-24-16-8-6-15(7-9-16)21-18(11-20)17(19(21)23)10-13-4-2-3-5-14(13)12-22/h2-10,18,22H,11-12H2,1H3/b17-10-/t18-/m0/s1. The molecule has 0 unspecified atom stereocenters. The molecule has 0 aliphatic carbocycles. The van der Waals surface area contributed by atoms with Gasteiger partial charge in [0.05, 0.1) is 19.8 Å². The second-order valence-electron chi connectivity index (χ2n) is 5.50. The molecule has 1 aliphatic rings. The highest BCUT2D eigenvalue weighted by Crippen LogP contribution is 2.35. The van der Waals surface area contributed by atoms with Gasteiger partial charge in [-0.25, -0.2) is 4.39 Å². The topological polar surface area (TPSA) is 49.8 Å². The molecule has 1 saturated heterocycles. The smallest absolute Gasteiger partial charge is 0.257 e. The van der Waals surface area contributed by atoms with Crippen LogP contribution in [0.25, 0.3) is 6.08 Å². The number of rotatable bonds is 5. The molecule has 1 aliphatic heterocycles. The molecule has 1 amide bonds. The lowest BCUT2D eigenvalue weighted by Crippen LogP contribution is -2.56. The Balaban J connectivity index is 1.89. The van der Waals surface area contributed by atoms with Crippen LogP contribution in [-0.4, -0.2) is 30.8 Å². The van der Waals surface area contributed by atoms with Gasteiger partial charge in [0.15, 0.2) is 0 Å². The summed E-state index contributed by atoms with van der Waals surface area (Å²) in [5, 5.41) is 9.38. The lowest BCUT2D eigenvalue weighted by atomic mass is 9.91. The number of aliphatic hydroxyl groups excluding tert-OH is 1. The number of alkyl halides is 1. The number of halogens is 1. The first-order chi connectivity index (χ1) is 11.7. The highest BCUT2D eigenvalue weighted by atomic mass is 19.1. The first-order valence-electron chi connectivity index (χ1n) is 7.63. The van der Waals surface area contributed by atoms with E-state index >= 15 is 0 Å². The molecule has 0 radical (unpaired) electrons. The van der Waals surface area contributed by atoms with Crippen LogP contribution in [-0.2, 0) is 11.4 Å². The van der Waals surface area contributed by atoms with E-state index < -0.39 is 12.7 Å². The van der Waals surface area contributed by atoms with Crippen molar-refractivity contribution in [1.82, 2.24) is 0 Å². The minimum Gasteiger partial charge on any atom is -0.497 e. The second-order valence-corrected chi connectivity index (χ2v) is 5.50. The van der Waals surface area contributed by atoms with Crippen LogP contribution in [0.3, 0.4) is 0 Å². The van der Waals surface area contributed by atoms with Gasteiger partial charge in [-0.2, -0.15) is 0 Å². The van der Waals surface area contributed by atoms with E-state index in [1.54, 1.807) is 49.6 Å². The summed E-state index contributed by atoms with van der Waals surface area (Å²) in [6, 6.07) is 13.5. The summed E-state index contributed by atoms with van der Waals surface area (Å²) in [4.78, 5) is 13.9. The Morgan fingerprint density at radius 1 is 1.21 bits per heavy atom. The zero-order valence-corrected chi connectivity index (χ0v) is 13.3. The summed E-state index contributed by atoms with van der Waals surface area (Å²) in [5.74, 6) is 0.451. The Hall–Kier alpha value is -2.66. The predicted octanol–water partition coefficient (Wildman–Crippen LogP) is 2.96. The Bertz CT molecular complexity index is 770. The van der Waals surface area contributed by atoms with Gasteiger partial charge in [0.1, 0.15) is 12.4 Å². The molecule has 1 heterocycles. The van der Waals surface area contributed by atoms with E-state index in [9.17, 15) is 14.3 Å². The maximum atomic E-state index is 13.5. The molecule has 2 aromatic carbocycles. The zero-order valence-electron chi connectivity index (χ0n) is 13.3. The van der Waals surface area contributed by atoms with E-state index in [1.807, 2.05) is 12.1 Å². The molecular weight excluding hydrogens is 309 g/mol. The van der Waals surface area contributed by atoms with Crippen molar-refractivity contribution in [2.75, 3.05) is 18.7 Å². The number of ether oxygens (including phenoxy) is 1. The molecule has 0 aromatic heterocycles. The van der Waals surface area contributed by atoms with E-state index in [1.165, 1.54) is 4.90 Å². The van der Waals surface area contributed by atoms with Gasteiger partial charge in [-0.05, 0) is 41.5 Å². The predicted molar refractivity (Wildman–Crippen MR) is 90.6 cm³/mol. The minimum absolute atomic E-state index is 0.128. The Kier molecular flexibility index (Phi) is 4.62. The van der Waals surface area contributed by atoms with Crippen molar-refractivity contribution >= 4 is 17.7 Å². The normalized spacial score (nSPS) is 18.6. The molecule has 0 bridgehead atoms. The fraction of sp³-hybridized carbons (Fsp3) is 0.211. The lowest BCUT2D eigenvalue weighted by Gasteiger charge is -2.41. The van der Waals surface area contributed by atoms with Crippen LogP contribution in [0, 0.1) is 0 Å². The molecule has 124 valence electrons. The molecule has 1 N–H and O–H groups in total. The Labute approximate surface area is 139 Å².